The fourth-order valence-corrected chi connectivity index (χ4v) is 2.70. The zero-order valence-corrected chi connectivity index (χ0v) is 16.9. The second-order valence-electron chi connectivity index (χ2n) is 7.00. The van der Waals surface area contributed by atoms with Crippen molar-refractivity contribution in [3.05, 3.63) is 35.9 Å². The van der Waals surface area contributed by atoms with Crippen LogP contribution in [0.15, 0.2) is 30.3 Å². The van der Waals surface area contributed by atoms with Crippen molar-refractivity contribution in [3.63, 3.8) is 0 Å². The lowest BCUT2D eigenvalue weighted by Gasteiger charge is -2.23. The Morgan fingerprint density at radius 1 is 1.03 bits per heavy atom. The Morgan fingerprint density at radius 3 is 2.24 bits per heavy atom. The number of carbonyl (C=O) groups excluding carboxylic acids is 3. The van der Waals surface area contributed by atoms with E-state index < -0.39 is 35.8 Å². The van der Waals surface area contributed by atoms with Crippen LogP contribution in [-0.2, 0) is 25.5 Å². The van der Waals surface area contributed by atoms with E-state index in [1.807, 2.05) is 19.9 Å². The predicted octanol–water partition coefficient (Wildman–Crippen LogP) is 0.728. The first kappa shape index (κ1) is 24.1. The van der Waals surface area contributed by atoms with E-state index in [9.17, 15) is 19.2 Å². The molecule has 160 valence electrons. The molecule has 9 nitrogen and oxygen atoms in total. The zero-order valence-electron chi connectivity index (χ0n) is 16.9. The largest absolute Gasteiger partial charge is 0.465 e. The van der Waals surface area contributed by atoms with Crippen LogP contribution < -0.4 is 16.0 Å². The number of carboxylic acid groups (broad SMARTS) is 1. The van der Waals surface area contributed by atoms with Crippen LogP contribution in [0.1, 0.15) is 25.8 Å². The summed E-state index contributed by atoms with van der Waals surface area (Å²) >= 11 is 0. The molecule has 2 atom stereocenters. The van der Waals surface area contributed by atoms with Gasteiger partial charge in [-0.2, -0.15) is 0 Å². The Kier molecular flexibility index (Phi) is 10.4. The number of rotatable bonds is 12. The Morgan fingerprint density at radius 2 is 1.69 bits per heavy atom. The molecule has 3 amide bonds. The summed E-state index contributed by atoms with van der Waals surface area (Å²) in [6.45, 7) is 4.09. The molecule has 0 unspecified atom stereocenters. The molecule has 1 rings (SSSR count). The Balaban J connectivity index is 2.96. The van der Waals surface area contributed by atoms with Crippen molar-refractivity contribution >= 4 is 23.7 Å². The minimum Gasteiger partial charge on any atom is -0.465 e. The summed E-state index contributed by atoms with van der Waals surface area (Å²) in [6.07, 6.45) is -0.983. The van der Waals surface area contributed by atoms with Gasteiger partial charge in [-0.25, -0.2) is 4.79 Å². The molecular formula is C20H29N3O6. The van der Waals surface area contributed by atoms with Crippen molar-refractivity contribution in [2.24, 2.45) is 5.92 Å². The Bertz CT molecular complexity index is 693. The number of ketones is 1. The summed E-state index contributed by atoms with van der Waals surface area (Å²) in [5.74, 6) is -2.26. The quantitative estimate of drug-likeness (QED) is 0.298. The topological polar surface area (TPSA) is 134 Å². The third-order valence-corrected chi connectivity index (χ3v) is 4.05. The van der Waals surface area contributed by atoms with Crippen molar-refractivity contribution in [2.75, 3.05) is 20.3 Å². The molecule has 0 heterocycles. The molecule has 0 aromatic heterocycles. The number of nitrogens with one attached hydrogen (secondary N) is 3. The number of hydrogen-bond donors (Lipinski definition) is 4. The lowest BCUT2D eigenvalue weighted by atomic mass is 9.99. The average Bonchev–Trinajstić information content (AvgIpc) is 2.66. The lowest BCUT2D eigenvalue weighted by Crippen LogP contribution is -2.54. The molecule has 0 fully saturated rings. The second-order valence-corrected chi connectivity index (χ2v) is 7.00. The first-order valence-corrected chi connectivity index (χ1v) is 9.39. The van der Waals surface area contributed by atoms with Gasteiger partial charge in [-0.3, -0.25) is 14.4 Å². The van der Waals surface area contributed by atoms with Crippen molar-refractivity contribution in [1.29, 1.82) is 0 Å². The Labute approximate surface area is 170 Å². The monoisotopic (exact) mass is 407 g/mol. The van der Waals surface area contributed by atoms with E-state index in [0.29, 0.717) is 0 Å². The summed E-state index contributed by atoms with van der Waals surface area (Å²) in [6, 6.07) is 6.77. The van der Waals surface area contributed by atoms with E-state index in [0.717, 1.165) is 5.56 Å². The number of benzene rings is 1. The van der Waals surface area contributed by atoms with Crippen LogP contribution in [0.5, 0.6) is 0 Å². The second kappa shape index (κ2) is 12.5. The van der Waals surface area contributed by atoms with Gasteiger partial charge in [0.25, 0.3) is 5.91 Å². The molecular weight excluding hydrogens is 378 g/mol. The van der Waals surface area contributed by atoms with Gasteiger partial charge in [0.15, 0.2) is 0 Å². The van der Waals surface area contributed by atoms with Crippen LogP contribution in [0.4, 0.5) is 4.79 Å². The van der Waals surface area contributed by atoms with Crippen molar-refractivity contribution in [2.45, 2.75) is 38.8 Å². The molecule has 9 heteroatoms. The highest BCUT2D eigenvalue weighted by molar-refractivity contribution is 6.38. The van der Waals surface area contributed by atoms with E-state index in [1.165, 1.54) is 7.11 Å². The van der Waals surface area contributed by atoms with Crippen LogP contribution in [-0.4, -0.2) is 61.1 Å². The molecule has 0 spiro atoms. The van der Waals surface area contributed by atoms with Crippen LogP contribution >= 0.6 is 0 Å². The highest BCUT2D eigenvalue weighted by atomic mass is 16.5. The summed E-state index contributed by atoms with van der Waals surface area (Å²) in [7, 11) is 1.47. The number of Topliss-reactive ketones (excluding diaryl/α,β-unsaturated/α-hetero) is 1. The fraction of sp³-hybridized carbons (Fsp3) is 0.500. The normalized spacial score (nSPS) is 12.7. The molecule has 0 saturated carbocycles. The number of amides is 3. The predicted molar refractivity (Wildman–Crippen MR) is 106 cm³/mol. The number of hydrogen-bond acceptors (Lipinski definition) is 5. The molecule has 0 radical (unpaired) electrons. The van der Waals surface area contributed by atoms with Crippen LogP contribution in [0, 0.1) is 5.92 Å². The average molecular weight is 407 g/mol. The highest BCUT2D eigenvalue weighted by Crippen LogP contribution is 2.08. The van der Waals surface area contributed by atoms with E-state index in [-0.39, 0.29) is 31.9 Å². The molecule has 0 bridgehead atoms. The van der Waals surface area contributed by atoms with Gasteiger partial charge in [0.1, 0.15) is 12.1 Å². The number of carbonyl (C=O) groups is 4. The molecule has 0 aliphatic rings. The van der Waals surface area contributed by atoms with Crippen molar-refractivity contribution < 1.29 is 29.0 Å². The summed E-state index contributed by atoms with van der Waals surface area (Å²) in [4.78, 5) is 48.5. The standard InChI is InChI=1S/C20H29N3O6/c1-13(2)11-16(23-20(27)28)18(25)22-15(12-14-7-5-4-6-8-14)17(24)19(26)21-9-10-29-3/h4-8,13,15-16,23H,9-12H2,1-3H3,(H,21,26)(H,22,25)(H,27,28)/t15-,16-/m0/s1. The van der Waals surface area contributed by atoms with E-state index in [1.54, 1.807) is 24.3 Å². The molecule has 1 aromatic rings. The van der Waals surface area contributed by atoms with E-state index >= 15 is 0 Å². The number of methoxy groups -OCH3 is 1. The van der Waals surface area contributed by atoms with Crippen LogP contribution in [0.2, 0.25) is 0 Å². The summed E-state index contributed by atoms with van der Waals surface area (Å²) in [5, 5.41) is 16.1. The van der Waals surface area contributed by atoms with Gasteiger partial charge in [-0.05, 0) is 17.9 Å². The third kappa shape index (κ3) is 9.20. The zero-order chi connectivity index (χ0) is 21.8. The van der Waals surface area contributed by atoms with Gasteiger partial charge in [-0.15, -0.1) is 0 Å². The van der Waals surface area contributed by atoms with Gasteiger partial charge in [0, 0.05) is 20.1 Å². The minimum atomic E-state index is -1.34. The fourth-order valence-electron chi connectivity index (χ4n) is 2.70. The SMILES string of the molecule is COCCNC(=O)C(=O)[C@H](Cc1ccccc1)NC(=O)[C@H](CC(C)C)NC(=O)O. The van der Waals surface area contributed by atoms with Crippen LogP contribution in [0.3, 0.4) is 0 Å². The molecule has 29 heavy (non-hydrogen) atoms. The van der Waals surface area contributed by atoms with Gasteiger partial charge in [-0.1, -0.05) is 44.2 Å². The molecule has 1 aromatic carbocycles. The first-order valence-electron chi connectivity index (χ1n) is 9.39. The Hall–Kier alpha value is -2.94. The van der Waals surface area contributed by atoms with Gasteiger partial charge in [0.2, 0.25) is 11.7 Å². The molecule has 4 N–H and O–H groups in total. The third-order valence-electron chi connectivity index (χ3n) is 4.05. The number of ether oxygens (including phenoxy) is 1. The van der Waals surface area contributed by atoms with Gasteiger partial charge >= 0.3 is 6.09 Å². The van der Waals surface area contributed by atoms with E-state index in [2.05, 4.69) is 16.0 Å². The molecule has 0 saturated heterocycles. The van der Waals surface area contributed by atoms with Crippen molar-refractivity contribution in [3.8, 4) is 0 Å². The van der Waals surface area contributed by atoms with Gasteiger partial charge in [0.05, 0.1) is 6.61 Å². The smallest absolute Gasteiger partial charge is 0.405 e. The highest BCUT2D eigenvalue weighted by Gasteiger charge is 2.30. The summed E-state index contributed by atoms with van der Waals surface area (Å²) < 4.78 is 4.84. The van der Waals surface area contributed by atoms with Crippen LogP contribution in [0.25, 0.3) is 0 Å². The lowest BCUT2D eigenvalue weighted by molar-refractivity contribution is -0.140. The van der Waals surface area contributed by atoms with Crippen molar-refractivity contribution in [1.82, 2.24) is 16.0 Å². The maximum atomic E-state index is 12.7. The van der Waals surface area contributed by atoms with E-state index in [4.69, 9.17) is 9.84 Å². The summed E-state index contributed by atoms with van der Waals surface area (Å²) in [5.41, 5.74) is 0.752. The molecule has 0 aliphatic carbocycles. The van der Waals surface area contributed by atoms with Gasteiger partial charge < -0.3 is 25.8 Å². The maximum absolute atomic E-state index is 12.7. The first-order chi connectivity index (χ1) is 13.7. The molecule has 0 aliphatic heterocycles. The maximum Gasteiger partial charge on any atom is 0.405 e. The minimum absolute atomic E-state index is 0.0400.